The Morgan fingerprint density at radius 2 is 2.12 bits per heavy atom. The standard InChI is InChI=1S/C17H28N4O4/c1-4-21(11-16(22)23)13-8-12(9-13)19-17(24)18-10-14(20(2)3)15-6-5-7-25-15/h5-7,12-14H,4,8-11H2,1-3H3,(H,22,23)(H2,18,19,24). The predicted octanol–water partition coefficient (Wildman–Crippen LogP) is 1.12. The third-order valence-corrected chi connectivity index (χ3v) is 4.66. The molecule has 3 N–H and O–H groups in total. The van der Waals surface area contributed by atoms with E-state index in [1.54, 1.807) is 6.26 Å². The Bertz CT molecular complexity index is 555. The summed E-state index contributed by atoms with van der Waals surface area (Å²) in [6.07, 6.45) is 3.19. The molecule has 1 aromatic heterocycles. The van der Waals surface area contributed by atoms with E-state index in [4.69, 9.17) is 9.52 Å². The zero-order valence-corrected chi connectivity index (χ0v) is 15.1. The molecular weight excluding hydrogens is 324 g/mol. The van der Waals surface area contributed by atoms with E-state index in [0.717, 1.165) is 18.6 Å². The fourth-order valence-electron chi connectivity index (χ4n) is 3.12. The van der Waals surface area contributed by atoms with Crippen LogP contribution in [0.1, 0.15) is 31.6 Å². The molecule has 0 bridgehead atoms. The number of hydrogen-bond donors (Lipinski definition) is 3. The first-order valence-electron chi connectivity index (χ1n) is 8.60. The Balaban J connectivity index is 1.72. The normalized spacial score (nSPS) is 21.0. The van der Waals surface area contributed by atoms with Gasteiger partial charge in [-0.3, -0.25) is 14.6 Å². The van der Waals surface area contributed by atoms with Gasteiger partial charge in [0.1, 0.15) is 5.76 Å². The van der Waals surface area contributed by atoms with E-state index in [-0.39, 0.29) is 30.7 Å². The van der Waals surface area contributed by atoms with Crippen molar-refractivity contribution in [1.82, 2.24) is 20.4 Å². The molecule has 0 spiro atoms. The fraction of sp³-hybridized carbons (Fsp3) is 0.647. The second-order valence-electron chi connectivity index (χ2n) is 6.63. The average Bonchev–Trinajstić information content (AvgIpc) is 3.02. The number of nitrogens with one attached hydrogen (secondary N) is 2. The highest BCUT2D eigenvalue weighted by molar-refractivity contribution is 5.74. The topological polar surface area (TPSA) is 98.1 Å². The summed E-state index contributed by atoms with van der Waals surface area (Å²) in [7, 11) is 3.87. The van der Waals surface area contributed by atoms with Crippen molar-refractivity contribution in [3.63, 3.8) is 0 Å². The largest absolute Gasteiger partial charge is 0.480 e. The summed E-state index contributed by atoms with van der Waals surface area (Å²) in [6, 6.07) is 3.81. The molecule has 0 saturated heterocycles. The number of furan rings is 1. The van der Waals surface area contributed by atoms with Crippen LogP contribution in [0.3, 0.4) is 0 Å². The summed E-state index contributed by atoms with van der Waals surface area (Å²) >= 11 is 0. The SMILES string of the molecule is CCN(CC(=O)O)C1CC(NC(=O)NCC(c2ccco2)N(C)C)C1. The van der Waals surface area contributed by atoms with Crippen molar-refractivity contribution in [3.05, 3.63) is 24.2 Å². The molecule has 140 valence electrons. The van der Waals surface area contributed by atoms with Crippen molar-refractivity contribution in [1.29, 1.82) is 0 Å². The molecular formula is C17H28N4O4. The van der Waals surface area contributed by atoms with Crippen LogP contribution in [0.25, 0.3) is 0 Å². The number of carbonyl (C=O) groups is 2. The van der Waals surface area contributed by atoms with Crippen molar-refractivity contribution in [3.8, 4) is 0 Å². The number of carboxylic acids is 1. The molecule has 8 nitrogen and oxygen atoms in total. The van der Waals surface area contributed by atoms with Crippen molar-refractivity contribution in [2.24, 2.45) is 0 Å². The summed E-state index contributed by atoms with van der Waals surface area (Å²) in [5, 5.41) is 14.7. The number of likely N-dealkylation sites (N-methyl/N-ethyl adjacent to an activating group) is 2. The minimum Gasteiger partial charge on any atom is -0.480 e. The van der Waals surface area contributed by atoms with E-state index in [9.17, 15) is 9.59 Å². The van der Waals surface area contributed by atoms with Crippen LogP contribution in [-0.4, -0.2) is 72.7 Å². The van der Waals surface area contributed by atoms with E-state index >= 15 is 0 Å². The average molecular weight is 352 g/mol. The number of rotatable bonds is 9. The smallest absolute Gasteiger partial charge is 0.317 e. The molecule has 25 heavy (non-hydrogen) atoms. The maximum Gasteiger partial charge on any atom is 0.317 e. The van der Waals surface area contributed by atoms with Crippen LogP contribution < -0.4 is 10.6 Å². The monoisotopic (exact) mass is 352 g/mol. The fourth-order valence-corrected chi connectivity index (χ4v) is 3.12. The summed E-state index contributed by atoms with van der Waals surface area (Å²) < 4.78 is 5.42. The van der Waals surface area contributed by atoms with Gasteiger partial charge < -0.3 is 20.2 Å². The Morgan fingerprint density at radius 3 is 2.64 bits per heavy atom. The first kappa shape index (κ1) is 19.3. The van der Waals surface area contributed by atoms with Crippen LogP contribution in [0.5, 0.6) is 0 Å². The van der Waals surface area contributed by atoms with Gasteiger partial charge in [0.05, 0.1) is 18.8 Å². The molecule has 0 aromatic carbocycles. The maximum atomic E-state index is 12.1. The van der Waals surface area contributed by atoms with E-state index in [0.29, 0.717) is 13.1 Å². The van der Waals surface area contributed by atoms with Crippen LogP contribution in [0.15, 0.2) is 22.8 Å². The van der Waals surface area contributed by atoms with Gasteiger partial charge in [-0.1, -0.05) is 6.92 Å². The second kappa shape index (κ2) is 8.87. The van der Waals surface area contributed by atoms with Crippen LogP contribution in [0.2, 0.25) is 0 Å². The first-order chi connectivity index (χ1) is 11.9. The number of urea groups is 1. The lowest BCUT2D eigenvalue weighted by Gasteiger charge is -2.42. The molecule has 2 amide bonds. The van der Waals surface area contributed by atoms with E-state index in [1.165, 1.54) is 0 Å². The van der Waals surface area contributed by atoms with Gasteiger partial charge in [-0.25, -0.2) is 4.79 Å². The molecule has 1 heterocycles. The second-order valence-corrected chi connectivity index (χ2v) is 6.63. The molecule has 1 unspecified atom stereocenters. The summed E-state index contributed by atoms with van der Waals surface area (Å²) in [5.74, 6) is -0.00933. The lowest BCUT2D eigenvalue weighted by Crippen LogP contribution is -2.56. The summed E-state index contributed by atoms with van der Waals surface area (Å²) in [4.78, 5) is 26.8. The first-order valence-corrected chi connectivity index (χ1v) is 8.60. The Morgan fingerprint density at radius 1 is 1.40 bits per heavy atom. The third kappa shape index (κ3) is 5.47. The molecule has 1 aromatic rings. The number of nitrogens with zero attached hydrogens (tertiary/aromatic N) is 2. The van der Waals surface area contributed by atoms with Crippen LogP contribution in [-0.2, 0) is 4.79 Å². The Kier molecular flexibility index (Phi) is 6.83. The van der Waals surface area contributed by atoms with Gasteiger partial charge in [0.15, 0.2) is 0 Å². The molecule has 1 fully saturated rings. The van der Waals surface area contributed by atoms with Gasteiger partial charge in [0.25, 0.3) is 0 Å². The molecule has 1 aliphatic carbocycles. The zero-order valence-electron chi connectivity index (χ0n) is 15.1. The van der Waals surface area contributed by atoms with E-state index in [1.807, 2.05) is 43.0 Å². The van der Waals surface area contributed by atoms with Gasteiger partial charge >= 0.3 is 12.0 Å². The molecule has 2 rings (SSSR count). The third-order valence-electron chi connectivity index (χ3n) is 4.66. The van der Waals surface area contributed by atoms with Crippen LogP contribution in [0, 0.1) is 0 Å². The number of carbonyl (C=O) groups excluding carboxylic acids is 1. The maximum absolute atomic E-state index is 12.1. The van der Waals surface area contributed by atoms with Crippen LogP contribution >= 0.6 is 0 Å². The summed E-state index contributed by atoms with van der Waals surface area (Å²) in [5.41, 5.74) is 0. The van der Waals surface area contributed by atoms with E-state index in [2.05, 4.69) is 10.6 Å². The van der Waals surface area contributed by atoms with Gasteiger partial charge in [-0.15, -0.1) is 0 Å². The van der Waals surface area contributed by atoms with Crippen LogP contribution in [0.4, 0.5) is 4.79 Å². The molecule has 1 saturated carbocycles. The number of hydrogen-bond acceptors (Lipinski definition) is 5. The molecule has 0 aliphatic heterocycles. The Labute approximate surface area is 148 Å². The highest BCUT2D eigenvalue weighted by atomic mass is 16.4. The lowest BCUT2D eigenvalue weighted by molar-refractivity contribution is -0.139. The number of aliphatic carboxylic acids is 1. The molecule has 8 heteroatoms. The molecule has 1 atom stereocenters. The number of amides is 2. The zero-order chi connectivity index (χ0) is 18.4. The van der Waals surface area contributed by atoms with Gasteiger partial charge in [0, 0.05) is 18.6 Å². The highest BCUT2D eigenvalue weighted by Gasteiger charge is 2.34. The van der Waals surface area contributed by atoms with E-state index < -0.39 is 5.97 Å². The lowest BCUT2D eigenvalue weighted by atomic mass is 9.85. The van der Waals surface area contributed by atoms with Gasteiger partial charge in [0.2, 0.25) is 0 Å². The van der Waals surface area contributed by atoms with Crippen molar-refractivity contribution < 1.29 is 19.1 Å². The minimum absolute atomic E-state index is 0.0268. The van der Waals surface area contributed by atoms with Gasteiger partial charge in [-0.05, 0) is 45.6 Å². The van der Waals surface area contributed by atoms with Crippen molar-refractivity contribution in [2.45, 2.75) is 37.9 Å². The Hall–Kier alpha value is -2.06. The molecule has 0 radical (unpaired) electrons. The molecule has 1 aliphatic rings. The van der Waals surface area contributed by atoms with Crippen molar-refractivity contribution in [2.75, 3.05) is 33.7 Å². The number of carboxylic acid groups (broad SMARTS) is 1. The summed E-state index contributed by atoms with van der Waals surface area (Å²) in [6.45, 7) is 3.15. The van der Waals surface area contributed by atoms with Gasteiger partial charge in [-0.2, -0.15) is 0 Å². The van der Waals surface area contributed by atoms with Crippen molar-refractivity contribution >= 4 is 12.0 Å². The highest BCUT2D eigenvalue weighted by Crippen LogP contribution is 2.25. The quantitative estimate of drug-likeness (QED) is 0.616. The minimum atomic E-state index is -0.816. The predicted molar refractivity (Wildman–Crippen MR) is 93.4 cm³/mol.